The lowest BCUT2D eigenvalue weighted by Crippen LogP contribution is -2.27. The van der Waals surface area contributed by atoms with Crippen LogP contribution in [-0.2, 0) is 6.42 Å². The van der Waals surface area contributed by atoms with E-state index in [-0.39, 0.29) is 5.91 Å². The predicted octanol–water partition coefficient (Wildman–Crippen LogP) is 2.11. The maximum absolute atomic E-state index is 11.9. The molecule has 0 radical (unpaired) electrons. The molecule has 1 aliphatic rings. The second-order valence-electron chi connectivity index (χ2n) is 5.08. The van der Waals surface area contributed by atoms with Crippen LogP contribution >= 0.6 is 0 Å². The number of hydrogen-bond donors (Lipinski definition) is 2. The van der Waals surface area contributed by atoms with Gasteiger partial charge in [0.2, 0.25) is 0 Å². The summed E-state index contributed by atoms with van der Waals surface area (Å²) >= 11 is 0. The van der Waals surface area contributed by atoms with E-state index in [4.69, 9.17) is 5.73 Å². The van der Waals surface area contributed by atoms with Gasteiger partial charge in [0, 0.05) is 12.1 Å². The van der Waals surface area contributed by atoms with Crippen LogP contribution < -0.4 is 11.1 Å². The molecular formula is C15H22N2O. The van der Waals surface area contributed by atoms with Crippen molar-refractivity contribution < 1.29 is 4.79 Å². The maximum Gasteiger partial charge on any atom is 0.251 e. The van der Waals surface area contributed by atoms with Crippen LogP contribution in [0.5, 0.6) is 0 Å². The molecule has 1 aliphatic carbocycles. The SMILES string of the molecule is NCCc1ccc(C(=O)NCCC2CCC2)cc1. The minimum Gasteiger partial charge on any atom is -0.352 e. The quantitative estimate of drug-likeness (QED) is 0.807. The van der Waals surface area contributed by atoms with E-state index in [1.807, 2.05) is 24.3 Å². The molecule has 3 heteroatoms. The summed E-state index contributed by atoms with van der Waals surface area (Å²) in [5, 5.41) is 2.99. The third-order valence-corrected chi connectivity index (χ3v) is 3.71. The first-order valence-corrected chi connectivity index (χ1v) is 6.87. The van der Waals surface area contributed by atoms with Gasteiger partial charge < -0.3 is 11.1 Å². The highest BCUT2D eigenvalue weighted by molar-refractivity contribution is 5.94. The average Bonchev–Trinajstić information content (AvgIpc) is 2.33. The van der Waals surface area contributed by atoms with Crippen molar-refractivity contribution in [1.82, 2.24) is 5.32 Å². The van der Waals surface area contributed by atoms with Crippen molar-refractivity contribution in [2.45, 2.75) is 32.1 Å². The Morgan fingerprint density at radius 1 is 1.28 bits per heavy atom. The number of benzene rings is 1. The van der Waals surface area contributed by atoms with Gasteiger partial charge in [-0.3, -0.25) is 4.79 Å². The van der Waals surface area contributed by atoms with E-state index in [2.05, 4.69) is 5.32 Å². The number of nitrogens with two attached hydrogens (primary N) is 1. The van der Waals surface area contributed by atoms with Crippen LogP contribution in [0, 0.1) is 5.92 Å². The summed E-state index contributed by atoms with van der Waals surface area (Å²) in [7, 11) is 0. The van der Waals surface area contributed by atoms with E-state index in [1.165, 1.54) is 24.8 Å². The van der Waals surface area contributed by atoms with E-state index in [0.717, 1.165) is 30.9 Å². The molecule has 1 aromatic carbocycles. The monoisotopic (exact) mass is 246 g/mol. The third-order valence-electron chi connectivity index (χ3n) is 3.71. The fourth-order valence-electron chi connectivity index (χ4n) is 2.26. The van der Waals surface area contributed by atoms with Crippen LogP contribution in [0.2, 0.25) is 0 Å². The number of rotatable bonds is 6. The van der Waals surface area contributed by atoms with Crippen molar-refractivity contribution in [3.8, 4) is 0 Å². The molecule has 0 atom stereocenters. The third kappa shape index (κ3) is 3.57. The molecule has 3 nitrogen and oxygen atoms in total. The predicted molar refractivity (Wildman–Crippen MR) is 73.5 cm³/mol. The van der Waals surface area contributed by atoms with Gasteiger partial charge in [-0.2, -0.15) is 0 Å². The van der Waals surface area contributed by atoms with Crippen LogP contribution in [-0.4, -0.2) is 19.0 Å². The number of carbonyl (C=O) groups is 1. The zero-order chi connectivity index (χ0) is 12.8. The first-order valence-electron chi connectivity index (χ1n) is 6.87. The average molecular weight is 246 g/mol. The minimum absolute atomic E-state index is 0.0358. The topological polar surface area (TPSA) is 55.1 Å². The highest BCUT2D eigenvalue weighted by Gasteiger charge is 2.16. The molecule has 1 amide bonds. The summed E-state index contributed by atoms with van der Waals surface area (Å²) in [5.41, 5.74) is 7.42. The fourth-order valence-corrected chi connectivity index (χ4v) is 2.26. The molecule has 0 heterocycles. The smallest absolute Gasteiger partial charge is 0.251 e. The fraction of sp³-hybridized carbons (Fsp3) is 0.533. The van der Waals surface area contributed by atoms with Crippen LogP contribution in [0.25, 0.3) is 0 Å². The molecule has 0 unspecified atom stereocenters. The molecule has 0 spiro atoms. The Hall–Kier alpha value is -1.35. The maximum atomic E-state index is 11.9. The Morgan fingerprint density at radius 3 is 2.56 bits per heavy atom. The lowest BCUT2D eigenvalue weighted by Gasteiger charge is -2.25. The lowest BCUT2D eigenvalue weighted by molar-refractivity contribution is 0.0949. The summed E-state index contributed by atoms with van der Waals surface area (Å²) in [5.74, 6) is 0.880. The Labute approximate surface area is 109 Å². The zero-order valence-electron chi connectivity index (χ0n) is 10.8. The van der Waals surface area contributed by atoms with Crippen molar-refractivity contribution in [3.05, 3.63) is 35.4 Å². The van der Waals surface area contributed by atoms with Gasteiger partial charge in [-0.25, -0.2) is 0 Å². The Morgan fingerprint density at radius 2 is 2.00 bits per heavy atom. The van der Waals surface area contributed by atoms with Crippen molar-refractivity contribution in [1.29, 1.82) is 0 Å². The molecular weight excluding hydrogens is 224 g/mol. The molecule has 0 aliphatic heterocycles. The summed E-state index contributed by atoms with van der Waals surface area (Å²) < 4.78 is 0. The van der Waals surface area contributed by atoms with Crippen molar-refractivity contribution in [2.24, 2.45) is 11.7 Å². The molecule has 0 aromatic heterocycles. The van der Waals surface area contributed by atoms with Crippen LogP contribution in [0.3, 0.4) is 0 Å². The number of nitrogens with one attached hydrogen (secondary N) is 1. The van der Waals surface area contributed by atoms with Crippen LogP contribution in [0.15, 0.2) is 24.3 Å². The van der Waals surface area contributed by atoms with Gasteiger partial charge in [0.1, 0.15) is 0 Å². The molecule has 0 bridgehead atoms. The summed E-state index contributed by atoms with van der Waals surface area (Å²) in [4.78, 5) is 11.9. The Kier molecular flexibility index (Phi) is 4.76. The van der Waals surface area contributed by atoms with Crippen LogP contribution in [0.4, 0.5) is 0 Å². The molecule has 18 heavy (non-hydrogen) atoms. The van der Waals surface area contributed by atoms with Gasteiger partial charge in [0.15, 0.2) is 0 Å². The van der Waals surface area contributed by atoms with E-state index < -0.39 is 0 Å². The Bertz CT molecular complexity index is 382. The summed E-state index contributed by atoms with van der Waals surface area (Å²) in [6, 6.07) is 7.72. The number of carbonyl (C=O) groups excluding carboxylic acids is 1. The highest BCUT2D eigenvalue weighted by atomic mass is 16.1. The number of amides is 1. The molecule has 1 saturated carbocycles. The summed E-state index contributed by atoms with van der Waals surface area (Å²) in [6.07, 6.45) is 6.02. The molecule has 2 rings (SSSR count). The second-order valence-corrected chi connectivity index (χ2v) is 5.08. The molecule has 1 aromatic rings. The van der Waals surface area contributed by atoms with E-state index in [1.54, 1.807) is 0 Å². The van der Waals surface area contributed by atoms with Crippen LogP contribution in [0.1, 0.15) is 41.6 Å². The largest absolute Gasteiger partial charge is 0.352 e. The lowest BCUT2D eigenvalue weighted by atomic mass is 9.83. The zero-order valence-corrected chi connectivity index (χ0v) is 10.8. The van der Waals surface area contributed by atoms with E-state index >= 15 is 0 Å². The first kappa shape index (κ1) is 13.1. The molecule has 98 valence electrons. The van der Waals surface area contributed by atoms with Gasteiger partial charge in [0.05, 0.1) is 0 Å². The van der Waals surface area contributed by atoms with Crippen molar-refractivity contribution in [2.75, 3.05) is 13.1 Å². The van der Waals surface area contributed by atoms with Crippen molar-refractivity contribution >= 4 is 5.91 Å². The van der Waals surface area contributed by atoms with E-state index in [9.17, 15) is 4.79 Å². The molecule has 3 N–H and O–H groups in total. The molecule has 0 saturated heterocycles. The highest BCUT2D eigenvalue weighted by Crippen LogP contribution is 2.28. The number of hydrogen-bond acceptors (Lipinski definition) is 2. The standard InChI is InChI=1S/C15H22N2O/c16-10-8-13-4-6-14(7-5-13)15(18)17-11-9-12-2-1-3-12/h4-7,12H,1-3,8-11,16H2,(H,17,18). The van der Waals surface area contributed by atoms with Crippen molar-refractivity contribution in [3.63, 3.8) is 0 Å². The van der Waals surface area contributed by atoms with Gasteiger partial charge in [-0.1, -0.05) is 31.4 Å². The van der Waals surface area contributed by atoms with Gasteiger partial charge in [-0.05, 0) is 43.0 Å². The van der Waals surface area contributed by atoms with E-state index in [0.29, 0.717) is 6.54 Å². The van der Waals surface area contributed by atoms with Gasteiger partial charge in [-0.15, -0.1) is 0 Å². The Balaban J connectivity index is 1.76. The molecule has 1 fully saturated rings. The first-order chi connectivity index (χ1) is 8.79. The minimum atomic E-state index is 0.0358. The summed E-state index contributed by atoms with van der Waals surface area (Å²) in [6.45, 7) is 1.45. The van der Waals surface area contributed by atoms with Gasteiger partial charge >= 0.3 is 0 Å². The van der Waals surface area contributed by atoms with Gasteiger partial charge in [0.25, 0.3) is 5.91 Å². The normalized spacial score (nSPS) is 15.2. The second kappa shape index (κ2) is 6.55.